The molecule has 0 heterocycles. The van der Waals surface area contributed by atoms with Crippen molar-refractivity contribution in [3.8, 4) is 5.75 Å². The van der Waals surface area contributed by atoms with Crippen LogP contribution in [0.2, 0.25) is 0 Å². The Morgan fingerprint density at radius 3 is 2.50 bits per heavy atom. The maximum Gasteiger partial charge on any atom is 0.125 e. The van der Waals surface area contributed by atoms with E-state index in [-0.39, 0.29) is 6.10 Å². The van der Waals surface area contributed by atoms with Crippen molar-refractivity contribution in [2.45, 2.75) is 58.5 Å². The predicted molar refractivity (Wildman–Crippen MR) is 82.9 cm³/mol. The molecule has 0 saturated heterocycles. The molecule has 1 aromatic rings. The molecule has 2 rings (SSSR count). The fourth-order valence-electron chi connectivity index (χ4n) is 3.23. The molecule has 1 saturated carbocycles. The summed E-state index contributed by atoms with van der Waals surface area (Å²) < 4.78 is 5.78. The first-order chi connectivity index (χ1) is 9.76. The van der Waals surface area contributed by atoms with Crippen LogP contribution in [0.3, 0.4) is 0 Å². The number of para-hydroxylation sites is 1. The highest BCUT2D eigenvalue weighted by atomic mass is 16.5. The van der Waals surface area contributed by atoms with Crippen molar-refractivity contribution < 1.29 is 9.84 Å². The Bertz CT molecular complexity index is 394. The van der Waals surface area contributed by atoms with Crippen molar-refractivity contribution in [3.63, 3.8) is 0 Å². The molecule has 0 radical (unpaired) electrons. The third-order valence-electron chi connectivity index (χ3n) is 4.61. The standard InChI is InChI=1S/C18H28O2/c1-3-13-20-17-8-6-5-7-16(17)18(19)15-11-9-14(4-2)10-12-15/h5-8,14-15,18-19H,3-4,9-13H2,1-2H3. The van der Waals surface area contributed by atoms with Gasteiger partial charge in [-0.3, -0.25) is 0 Å². The van der Waals surface area contributed by atoms with Crippen molar-refractivity contribution in [1.82, 2.24) is 0 Å². The minimum atomic E-state index is -0.374. The lowest BCUT2D eigenvalue weighted by Gasteiger charge is -2.31. The molecule has 1 aliphatic carbocycles. The molecule has 112 valence electrons. The predicted octanol–water partition coefficient (Wildman–Crippen LogP) is 4.73. The average molecular weight is 276 g/mol. The third-order valence-corrected chi connectivity index (χ3v) is 4.61. The zero-order valence-electron chi connectivity index (χ0n) is 12.8. The second-order valence-corrected chi connectivity index (χ2v) is 6.02. The number of aliphatic hydroxyl groups excluding tert-OH is 1. The fourth-order valence-corrected chi connectivity index (χ4v) is 3.23. The Morgan fingerprint density at radius 2 is 1.85 bits per heavy atom. The van der Waals surface area contributed by atoms with Crippen LogP contribution in [0.1, 0.15) is 64.0 Å². The topological polar surface area (TPSA) is 29.5 Å². The highest BCUT2D eigenvalue weighted by Crippen LogP contribution is 2.40. The van der Waals surface area contributed by atoms with Gasteiger partial charge >= 0.3 is 0 Å². The molecule has 0 bridgehead atoms. The van der Waals surface area contributed by atoms with Crippen LogP contribution in [0.4, 0.5) is 0 Å². The normalized spacial score (nSPS) is 24.4. The fraction of sp³-hybridized carbons (Fsp3) is 0.667. The van der Waals surface area contributed by atoms with Gasteiger partial charge in [-0.25, -0.2) is 0 Å². The second-order valence-electron chi connectivity index (χ2n) is 6.02. The quantitative estimate of drug-likeness (QED) is 0.814. The van der Waals surface area contributed by atoms with E-state index in [9.17, 15) is 5.11 Å². The third kappa shape index (κ3) is 3.76. The molecular weight excluding hydrogens is 248 g/mol. The van der Waals surface area contributed by atoms with E-state index in [1.807, 2.05) is 24.3 Å². The highest BCUT2D eigenvalue weighted by molar-refractivity contribution is 5.35. The molecule has 1 fully saturated rings. The molecule has 1 N–H and O–H groups in total. The minimum Gasteiger partial charge on any atom is -0.493 e. The Labute approximate surface area is 123 Å². The molecular formula is C18H28O2. The van der Waals surface area contributed by atoms with E-state index in [0.717, 1.165) is 36.5 Å². The van der Waals surface area contributed by atoms with E-state index < -0.39 is 0 Å². The first-order valence-electron chi connectivity index (χ1n) is 8.16. The Morgan fingerprint density at radius 1 is 1.15 bits per heavy atom. The first kappa shape index (κ1) is 15.4. The van der Waals surface area contributed by atoms with Gasteiger partial charge in [-0.2, -0.15) is 0 Å². The van der Waals surface area contributed by atoms with E-state index in [0.29, 0.717) is 12.5 Å². The summed E-state index contributed by atoms with van der Waals surface area (Å²) in [5.41, 5.74) is 0.973. The van der Waals surface area contributed by atoms with Crippen LogP contribution in [-0.4, -0.2) is 11.7 Å². The largest absolute Gasteiger partial charge is 0.493 e. The smallest absolute Gasteiger partial charge is 0.125 e. The summed E-state index contributed by atoms with van der Waals surface area (Å²) in [7, 11) is 0. The number of rotatable bonds is 6. The molecule has 2 nitrogen and oxygen atoms in total. The molecule has 1 unspecified atom stereocenters. The van der Waals surface area contributed by atoms with Gasteiger partial charge in [0, 0.05) is 5.56 Å². The van der Waals surface area contributed by atoms with Gasteiger partial charge in [0.1, 0.15) is 5.75 Å². The lowest BCUT2D eigenvalue weighted by molar-refractivity contribution is 0.0702. The summed E-state index contributed by atoms with van der Waals surface area (Å²) in [5, 5.41) is 10.7. The summed E-state index contributed by atoms with van der Waals surface area (Å²) in [5.74, 6) is 2.12. The van der Waals surface area contributed by atoms with Crippen molar-refractivity contribution in [3.05, 3.63) is 29.8 Å². The van der Waals surface area contributed by atoms with Crippen molar-refractivity contribution in [2.75, 3.05) is 6.61 Å². The SMILES string of the molecule is CCCOc1ccccc1C(O)C1CCC(CC)CC1. The lowest BCUT2D eigenvalue weighted by Crippen LogP contribution is -2.20. The minimum absolute atomic E-state index is 0.374. The second kappa shape index (κ2) is 7.68. The summed E-state index contributed by atoms with van der Waals surface area (Å²) in [6.45, 7) is 5.09. The molecule has 0 spiro atoms. The van der Waals surface area contributed by atoms with E-state index in [1.165, 1.54) is 19.3 Å². The van der Waals surface area contributed by atoms with Crippen molar-refractivity contribution in [2.24, 2.45) is 11.8 Å². The van der Waals surface area contributed by atoms with Gasteiger partial charge in [-0.1, -0.05) is 51.3 Å². The van der Waals surface area contributed by atoms with E-state index in [1.54, 1.807) is 0 Å². The Hall–Kier alpha value is -1.02. The van der Waals surface area contributed by atoms with Crippen LogP contribution >= 0.6 is 0 Å². The Kier molecular flexibility index (Phi) is 5.90. The molecule has 1 aromatic carbocycles. The molecule has 2 heteroatoms. The number of benzene rings is 1. The van der Waals surface area contributed by atoms with Gasteiger partial charge in [0.25, 0.3) is 0 Å². The number of hydrogen-bond acceptors (Lipinski definition) is 2. The van der Waals surface area contributed by atoms with E-state index in [4.69, 9.17) is 4.74 Å². The van der Waals surface area contributed by atoms with Crippen LogP contribution in [-0.2, 0) is 0 Å². The lowest BCUT2D eigenvalue weighted by atomic mass is 9.77. The van der Waals surface area contributed by atoms with E-state index >= 15 is 0 Å². The van der Waals surface area contributed by atoms with Crippen LogP contribution in [0, 0.1) is 11.8 Å². The zero-order valence-corrected chi connectivity index (χ0v) is 12.8. The molecule has 1 atom stereocenters. The Balaban J connectivity index is 2.03. The maximum absolute atomic E-state index is 10.7. The van der Waals surface area contributed by atoms with Gasteiger partial charge < -0.3 is 9.84 Å². The van der Waals surface area contributed by atoms with Crippen molar-refractivity contribution in [1.29, 1.82) is 0 Å². The number of hydrogen-bond donors (Lipinski definition) is 1. The van der Waals surface area contributed by atoms with Gasteiger partial charge in [0.2, 0.25) is 0 Å². The van der Waals surface area contributed by atoms with Crippen molar-refractivity contribution >= 4 is 0 Å². The molecule has 0 amide bonds. The average Bonchev–Trinajstić information content (AvgIpc) is 2.52. The summed E-state index contributed by atoms with van der Waals surface area (Å²) in [4.78, 5) is 0. The van der Waals surface area contributed by atoms with Gasteiger partial charge in [-0.15, -0.1) is 0 Å². The molecule has 0 aromatic heterocycles. The summed E-state index contributed by atoms with van der Waals surface area (Å²) in [6.07, 6.45) is 6.70. The number of aliphatic hydroxyl groups is 1. The summed E-state index contributed by atoms with van der Waals surface area (Å²) >= 11 is 0. The molecule has 1 aliphatic rings. The van der Waals surface area contributed by atoms with Gasteiger partial charge in [-0.05, 0) is 37.2 Å². The van der Waals surface area contributed by atoms with Crippen LogP contribution < -0.4 is 4.74 Å². The van der Waals surface area contributed by atoms with Crippen LogP contribution in [0.15, 0.2) is 24.3 Å². The molecule has 0 aliphatic heterocycles. The van der Waals surface area contributed by atoms with Gasteiger partial charge in [0.05, 0.1) is 12.7 Å². The monoisotopic (exact) mass is 276 g/mol. The number of ether oxygens (including phenoxy) is 1. The highest BCUT2D eigenvalue weighted by Gasteiger charge is 2.28. The maximum atomic E-state index is 10.7. The first-order valence-corrected chi connectivity index (χ1v) is 8.16. The van der Waals surface area contributed by atoms with Crippen LogP contribution in [0.5, 0.6) is 5.75 Å². The van der Waals surface area contributed by atoms with E-state index in [2.05, 4.69) is 13.8 Å². The van der Waals surface area contributed by atoms with Gasteiger partial charge in [0.15, 0.2) is 0 Å². The molecule has 20 heavy (non-hydrogen) atoms. The van der Waals surface area contributed by atoms with Crippen LogP contribution in [0.25, 0.3) is 0 Å². The summed E-state index contributed by atoms with van der Waals surface area (Å²) in [6, 6.07) is 7.97. The zero-order chi connectivity index (χ0) is 14.4.